The Hall–Kier alpha value is -2.75. The third-order valence-electron chi connectivity index (χ3n) is 3.65. The molecular formula is C18H19N3O. The van der Waals surface area contributed by atoms with E-state index >= 15 is 0 Å². The van der Waals surface area contributed by atoms with E-state index in [1.165, 1.54) is 5.56 Å². The number of aromatic nitrogens is 2. The van der Waals surface area contributed by atoms with Crippen molar-refractivity contribution >= 4 is 5.69 Å². The smallest absolute Gasteiger partial charge is 0.135 e. The first-order valence-electron chi connectivity index (χ1n) is 7.20. The predicted molar refractivity (Wildman–Crippen MR) is 88.1 cm³/mol. The van der Waals surface area contributed by atoms with Gasteiger partial charge in [0, 0.05) is 25.1 Å². The lowest BCUT2D eigenvalue weighted by Crippen LogP contribution is -2.16. The summed E-state index contributed by atoms with van der Waals surface area (Å²) in [6.45, 7) is 0. The van der Waals surface area contributed by atoms with E-state index in [1.54, 1.807) is 7.11 Å². The second-order valence-electron chi connectivity index (χ2n) is 5.11. The van der Waals surface area contributed by atoms with Crippen molar-refractivity contribution in [2.45, 2.75) is 6.04 Å². The van der Waals surface area contributed by atoms with E-state index in [0.29, 0.717) is 0 Å². The maximum atomic E-state index is 5.21. The summed E-state index contributed by atoms with van der Waals surface area (Å²) in [7, 11) is 3.68. The molecule has 0 aliphatic carbocycles. The molecule has 0 radical (unpaired) electrons. The van der Waals surface area contributed by atoms with Crippen LogP contribution >= 0.6 is 0 Å². The van der Waals surface area contributed by atoms with Gasteiger partial charge in [-0.15, -0.1) is 0 Å². The van der Waals surface area contributed by atoms with E-state index in [4.69, 9.17) is 4.74 Å². The molecule has 0 fully saturated rings. The maximum Gasteiger partial charge on any atom is 0.135 e. The van der Waals surface area contributed by atoms with Crippen LogP contribution in [-0.2, 0) is 7.05 Å². The molecule has 1 heterocycles. The Morgan fingerprint density at radius 1 is 1.05 bits per heavy atom. The lowest BCUT2D eigenvalue weighted by atomic mass is 10.1. The minimum atomic E-state index is -0.00500. The molecule has 1 atom stereocenters. The monoisotopic (exact) mass is 293 g/mol. The topological polar surface area (TPSA) is 39.1 Å². The number of anilines is 1. The number of nitrogens with zero attached hydrogens (tertiary/aromatic N) is 2. The summed E-state index contributed by atoms with van der Waals surface area (Å²) in [4.78, 5) is 4.50. The lowest BCUT2D eigenvalue weighted by molar-refractivity contribution is 0.415. The molecule has 0 bridgehead atoms. The zero-order chi connectivity index (χ0) is 15.4. The molecule has 1 aromatic heterocycles. The highest BCUT2D eigenvalue weighted by molar-refractivity contribution is 5.50. The Morgan fingerprint density at radius 3 is 2.36 bits per heavy atom. The van der Waals surface area contributed by atoms with Gasteiger partial charge in [0.05, 0.1) is 7.11 Å². The number of rotatable bonds is 5. The van der Waals surface area contributed by atoms with Gasteiger partial charge < -0.3 is 14.6 Å². The van der Waals surface area contributed by atoms with Crippen LogP contribution in [0.25, 0.3) is 0 Å². The van der Waals surface area contributed by atoms with Crippen molar-refractivity contribution < 1.29 is 4.74 Å². The summed E-state index contributed by atoms with van der Waals surface area (Å²) in [5, 5.41) is 3.55. The third kappa shape index (κ3) is 2.96. The van der Waals surface area contributed by atoms with Crippen LogP contribution < -0.4 is 10.1 Å². The van der Waals surface area contributed by atoms with Gasteiger partial charge in [-0.1, -0.05) is 30.3 Å². The van der Waals surface area contributed by atoms with E-state index in [1.807, 2.05) is 66.5 Å². The van der Waals surface area contributed by atoms with Crippen molar-refractivity contribution in [1.29, 1.82) is 0 Å². The Kier molecular flexibility index (Phi) is 4.10. The average Bonchev–Trinajstić information content (AvgIpc) is 3.00. The van der Waals surface area contributed by atoms with Crippen LogP contribution in [-0.4, -0.2) is 16.7 Å². The van der Waals surface area contributed by atoms with Gasteiger partial charge >= 0.3 is 0 Å². The SMILES string of the molecule is COc1ccc(NC(c2ccccc2)c2nccn2C)cc1. The van der Waals surface area contributed by atoms with E-state index in [2.05, 4.69) is 22.4 Å². The molecule has 0 aliphatic heterocycles. The molecule has 112 valence electrons. The van der Waals surface area contributed by atoms with E-state index in [9.17, 15) is 0 Å². The van der Waals surface area contributed by atoms with Crippen LogP contribution in [0.5, 0.6) is 5.75 Å². The van der Waals surface area contributed by atoms with Crippen LogP contribution in [0, 0.1) is 0 Å². The Morgan fingerprint density at radius 2 is 1.77 bits per heavy atom. The summed E-state index contributed by atoms with van der Waals surface area (Å²) in [6.07, 6.45) is 3.78. The largest absolute Gasteiger partial charge is 0.497 e. The molecule has 0 amide bonds. The summed E-state index contributed by atoms with van der Waals surface area (Å²) in [6, 6.07) is 18.2. The van der Waals surface area contributed by atoms with Crippen LogP contribution in [0.1, 0.15) is 17.4 Å². The number of aryl methyl sites for hydroxylation is 1. The molecule has 0 spiro atoms. The molecular weight excluding hydrogens is 274 g/mol. The van der Waals surface area contributed by atoms with Crippen LogP contribution in [0.4, 0.5) is 5.69 Å². The summed E-state index contributed by atoms with van der Waals surface area (Å²) < 4.78 is 7.24. The highest BCUT2D eigenvalue weighted by Gasteiger charge is 2.17. The fourth-order valence-electron chi connectivity index (χ4n) is 2.45. The van der Waals surface area contributed by atoms with Crippen molar-refractivity contribution in [1.82, 2.24) is 9.55 Å². The molecule has 1 N–H and O–H groups in total. The van der Waals surface area contributed by atoms with Crippen LogP contribution in [0.15, 0.2) is 67.0 Å². The number of imidazole rings is 1. The zero-order valence-electron chi connectivity index (χ0n) is 12.7. The first kappa shape index (κ1) is 14.2. The second-order valence-corrected chi connectivity index (χ2v) is 5.11. The Labute approximate surface area is 130 Å². The van der Waals surface area contributed by atoms with Crippen LogP contribution in [0.3, 0.4) is 0 Å². The van der Waals surface area contributed by atoms with Gasteiger partial charge in [-0.05, 0) is 29.8 Å². The molecule has 0 aliphatic rings. The van der Waals surface area contributed by atoms with Crippen molar-refractivity contribution in [3.8, 4) is 5.75 Å². The molecule has 0 saturated heterocycles. The van der Waals surface area contributed by atoms with Crippen molar-refractivity contribution in [3.63, 3.8) is 0 Å². The molecule has 2 aromatic carbocycles. The molecule has 22 heavy (non-hydrogen) atoms. The molecule has 3 aromatic rings. The van der Waals surface area contributed by atoms with Gasteiger partial charge in [0.25, 0.3) is 0 Å². The number of nitrogens with one attached hydrogen (secondary N) is 1. The van der Waals surface area contributed by atoms with Gasteiger partial charge in [0.1, 0.15) is 17.6 Å². The first-order chi connectivity index (χ1) is 10.8. The van der Waals surface area contributed by atoms with Gasteiger partial charge in [0.15, 0.2) is 0 Å². The molecule has 1 unspecified atom stereocenters. The second kappa shape index (κ2) is 6.35. The number of hydrogen-bond acceptors (Lipinski definition) is 3. The molecule has 0 saturated carbocycles. The minimum absolute atomic E-state index is 0.00500. The van der Waals surface area contributed by atoms with Gasteiger partial charge in [0.2, 0.25) is 0 Å². The Bertz CT molecular complexity index is 720. The fraction of sp³-hybridized carbons (Fsp3) is 0.167. The average molecular weight is 293 g/mol. The lowest BCUT2D eigenvalue weighted by Gasteiger charge is -2.20. The third-order valence-corrected chi connectivity index (χ3v) is 3.65. The number of ether oxygens (including phenoxy) is 1. The quantitative estimate of drug-likeness (QED) is 0.780. The van der Waals surface area contributed by atoms with Gasteiger partial charge in [-0.2, -0.15) is 0 Å². The van der Waals surface area contributed by atoms with Crippen LogP contribution in [0.2, 0.25) is 0 Å². The summed E-state index contributed by atoms with van der Waals surface area (Å²) in [5.74, 6) is 1.82. The van der Waals surface area contributed by atoms with E-state index in [-0.39, 0.29) is 6.04 Å². The number of benzene rings is 2. The predicted octanol–water partition coefficient (Wildman–Crippen LogP) is 3.63. The number of methoxy groups -OCH3 is 1. The summed E-state index contributed by atoms with van der Waals surface area (Å²) in [5.41, 5.74) is 2.20. The zero-order valence-corrected chi connectivity index (χ0v) is 12.7. The highest BCUT2D eigenvalue weighted by Crippen LogP contribution is 2.26. The van der Waals surface area contributed by atoms with Crippen molar-refractivity contribution in [2.75, 3.05) is 12.4 Å². The first-order valence-corrected chi connectivity index (χ1v) is 7.20. The Balaban J connectivity index is 1.93. The normalized spacial score (nSPS) is 11.9. The minimum Gasteiger partial charge on any atom is -0.497 e. The maximum absolute atomic E-state index is 5.21. The number of hydrogen-bond donors (Lipinski definition) is 1. The fourth-order valence-corrected chi connectivity index (χ4v) is 2.45. The molecule has 4 heteroatoms. The molecule has 4 nitrogen and oxygen atoms in total. The van der Waals surface area contributed by atoms with Crippen molar-refractivity contribution in [3.05, 3.63) is 78.4 Å². The molecule has 3 rings (SSSR count). The van der Waals surface area contributed by atoms with Crippen molar-refractivity contribution in [2.24, 2.45) is 7.05 Å². The highest BCUT2D eigenvalue weighted by atomic mass is 16.5. The van der Waals surface area contributed by atoms with E-state index in [0.717, 1.165) is 17.3 Å². The van der Waals surface area contributed by atoms with E-state index < -0.39 is 0 Å². The van der Waals surface area contributed by atoms with Gasteiger partial charge in [-0.3, -0.25) is 0 Å². The standard InChI is InChI=1S/C18H19N3O/c1-21-13-12-19-18(21)17(14-6-4-3-5-7-14)20-15-8-10-16(22-2)11-9-15/h3-13,17,20H,1-2H3. The summed E-state index contributed by atoms with van der Waals surface area (Å²) >= 11 is 0. The van der Waals surface area contributed by atoms with Gasteiger partial charge in [-0.25, -0.2) is 4.98 Å².